The lowest BCUT2D eigenvalue weighted by molar-refractivity contribution is 0.0302. The molecule has 0 aromatic carbocycles. The van der Waals surface area contributed by atoms with Gasteiger partial charge in [-0.05, 0) is 241 Å². The average molecular weight is 1160 g/mol. The van der Waals surface area contributed by atoms with Crippen LogP contribution in [0.1, 0.15) is 374 Å². The Morgan fingerprint density at radius 2 is 0.819 bits per heavy atom. The van der Waals surface area contributed by atoms with Crippen molar-refractivity contribution in [3.8, 4) is 0 Å². The minimum atomic E-state index is 0.595. The summed E-state index contributed by atoms with van der Waals surface area (Å²) in [6.07, 6.45) is 39.8. The highest BCUT2D eigenvalue weighted by molar-refractivity contribution is 4.97. The topological polar surface area (TPSA) is 0 Å². The first-order valence-corrected chi connectivity index (χ1v) is 38.4. The van der Waals surface area contributed by atoms with Crippen molar-refractivity contribution < 1.29 is 0 Å². The quantitative estimate of drug-likeness (QED) is 0.264. The van der Waals surface area contributed by atoms with Gasteiger partial charge in [-0.15, -0.1) is 0 Å². The Bertz CT molecular complexity index is 1540. The second-order valence-electron chi connectivity index (χ2n) is 37.3. The number of rotatable bonds is 3. The Kier molecular flexibility index (Phi) is 35.6. The third-order valence-electron chi connectivity index (χ3n) is 28.1. The molecule has 0 aromatic rings. The Balaban J connectivity index is 0.000000315. The molecule has 0 spiro atoms. The maximum atomic E-state index is 2.48. The summed E-state index contributed by atoms with van der Waals surface area (Å²) in [6, 6.07) is 0. The second kappa shape index (κ2) is 37.4. The van der Waals surface area contributed by atoms with Gasteiger partial charge in [0.05, 0.1) is 0 Å². The first-order chi connectivity index (χ1) is 38.4. The zero-order valence-electron chi connectivity index (χ0n) is 63.4. The van der Waals surface area contributed by atoms with Gasteiger partial charge in [0.2, 0.25) is 0 Å². The minimum Gasteiger partial charge on any atom is -0.0651 e. The molecule has 496 valence electrons. The van der Waals surface area contributed by atoms with Gasteiger partial charge in [-0.1, -0.05) is 291 Å². The predicted molar refractivity (Wildman–Crippen MR) is 379 cm³/mol. The summed E-state index contributed by atoms with van der Waals surface area (Å²) in [4.78, 5) is 0. The van der Waals surface area contributed by atoms with E-state index in [4.69, 9.17) is 0 Å². The van der Waals surface area contributed by atoms with Crippen molar-refractivity contribution >= 4 is 0 Å². The van der Waals surface area contributed by atoms with E-state index in [-0.39, 0.29) is 0 Å². The SMILES string of the molecule is CC(C)(C)C1CCC1.CC1C(C)C(C)C1C.CC1CC(C(C)C)C1.CC1CC(C)[C@@H](C)C1.CC1CCC(C)(C)C1.CC1CCC(C)C1C.CC1CCCC(C)C1C.CCC(C)C1CCC1.C[C@@H]1CCCCC1(C)C.C[C@H]1CC2CCC1(C)C2. The van der Waals surface area contributed by atoms with E-state index in [0.717, 1.165) is 142 Å². The molecule has 0 aromatic heterocycles. The van der Waals surface area contributed by atoms with Crippen molar-refractivity contribution in [1.82, 2.24) is 0 Å². The lowest BCUT2D eigenvalue weighted by Gasteiger charge is -2.45. The number of fused-ring (bicyclic) bond motifs is 2. The van der Waals surface area contributed by atoms with Crippen molar-refractivity contribution in [1.29, 1.82) is 0 Å². The molecule has 0 aliphatic heterocycles. The van der Waals surface area contributed by atoms with Crippen LogP contribution in [0.4, 0.5) is 0 Å². The summed E-state index contributed by atoms with van der Waals surface area (Å²) in [5.41, 5.74) is 2.67. The Morgan fingerprint density at radius 1 is 0.373 bits per heavy atom. The van der Waals surface area contributed by atoms with Gasteiger partial charge in [0.25, 0.3) is 0 Å². The van der Waals surface area contributed by atoms with Crippen molar-refractivity contribution in [3.63, 3.8) is 0 Å². The zero-order valence-corrected chi connectivity index (χ0v) is 63.4. The number of hydrogen-bond donors (Lipinski definition) is 0. The molecule has 0 nitrogen and oxygen atoms in total. The summed E-state index contributed by atoms with van der Waals surface area (Å²) in [6.45, 7) is 68.7. The summed E-state index contributed by atoms with van der Waals surface area (Å²) in [7, 11) is 0. The van der Waals surface area contributed by atoms with Gasteiger partial charge in [0.1, 0.15) is 0 Å². The van der Waals surface area contributed by atoms with Gasteiger partial charge in [0.15, 0.2) is 0 Å². The van der Waals surface area contributed by atoms with Gasteiger partial charge >= 0.3 is 0 Å². The third kappa shape index (κ3) is 28.0. The van der Waals surface area contributed by atoms with Gasteiger partial charge in [-0.2, -0.15) is 0 Å². The first kappa shape index (κ1) is 79.1. The van der Waals surface area contributed by atoms with Crippen LogP contribution in [0.15, 0.2) is 0 Å². The molecule has 11 aliphatic carbocycles. The monoisotopic (exact) mass is 1160 g/mol. The van der Waals surface area contributed by atoms with Crippen molar-refractivity contribution in [3.05, 3.63) is 0 Å². The molecule has 0 N–H and O–H groups in total. The van der Waals surface area contributed by atoms with E-state index in [9.17, 15) is 0 Å². The molecule has 0 radical (unpaired) electrons. The highest BCUT2D eigenvalue weighted by Crippen LogP contribution is 2.57. The van der Waals surface area contributed by atoms with E-state index in [1.165, 1.54) is 173 Å². The number of hydrogen-bond acceptors (Lipinski definition) is 0. The van der Waals surface area contributed by atoms with Gasteiger partial charge in [-0.3, -0.25) is 0 Å². The van der Waals surface area contributed by atoms with Crippen LogP contribution in [0, 0.1) is 158 Å². The lowest BCUT2D eigenvalue weighted by atomic mass is 9.60. The van der Waals surface area contributed by atoms with E-state index >= 15 is 0 Å². The van der Waals surface area contributed by atoms with E-state index in [2.05, 4.69) is 201 Å². The fourth-order valence-corrected chi connectivity index (χ4v) is 17.5. The van der Waals surface area contributed by atoms with Crippen LogP contribution in [0.3, 0.4) is 0 Å². The largest absolute Gasteiger partial charge is 0.0651 e. The molecule has 0 heterocycles. The standard InChI is InChI=1S/C9H16.2C9H18.7C8H16/c1-7-5-8-3-4-9(7,2)6-8;1-8-6-4-5-7-9(8,2)3;1-7-5-4-6-8(2)9(7)3;1-6-4-7(2)8(3)5-6;1-6(2)8-4-7(3)5-8;1-7-4-5-8(2,3)6-7;1-8(2,3)7-5-4-6-7;1-6-4-5-7(2)8(6)3;1-5-6(2)8(4)7(5)3;1-3-7(2)8-5-4-6-8/h7-8H,3-6H2,1-2H3;8H,4-7H2,1-3H3;7-9H,4-6H2,1-3H3;2*6-8H,4-5H2,1-3H3;2*7H,4-6H2,1-3H3;6-8H,4-5H2,1-3H3;5-8H,1-4H3;7-8H,3-6H2,1-2H3/t7-,8?,9?;8-;;6?,7-,8?;;;;;;/m01.0....../s1. The van der Waals surface area contributed by atoms with Gasteiger partial charge in [-0.25, -0.2) is 0 Å². The molecule has 10 unspecified atom stereocenters. The maximum absolute atomic E-state index is 2.48. The third-order valence-corrected chi connectivity index (χ3v) is 28.1. The van der Waals surface area contributed by atoms with Gasteiger partial charge in [0, 0.05) is 0 Å². The summed E-state index contributed by atoms with van der Waals surface area (Å²) >= 11 is 0. The fourth-order valence-electron chi connectivity index (χ4n) is 17.5. The Hall–Kier alpha value is 0. The fraction of sp³-hybridized carbons (Fsp3) is 1.00. The Morgan fingerprint density at radius 3 is 0.988 bits per heavy atom. The average Bonchev–Trinajstić information content (AvgIpc) is 4.15. The molecule has 83 heavy (non-hydrogen) atoms. The van der Waals surface area contributed by atoms with Crippen LogP contribution < -0.4 is 0 Å². The molecule has 13 atom stereocenters. The lowest BCUT2D eigenvalue weighted by Crippen LogP contribution is -2.39. The molecule has 11 saturated carbocycles. The highest BCUT2D eigenvalue weighted by atomic mass is 14.5. The molecule has 2 bridgehead atoms. The predicted octanol–water partition coefficient (Wildman–Crippen LogP) is 28.2. The van der Waals surface area contributed by atoms with Crippen LogP contribution in [0.5, 0.6) is 0 Å². The molecular formula is C83H164. The smallest absolute Gasteiger partial charge is 0.0297 e. The van der Waals surface area contributed by atoms with Gasteiger partial charge < -0.3 is 0 Å². The van der Waals surface area contributed by atoms with Crippen LogP contribution in [-0.4, -0.2) is 0 Å². The Labute approximate surface area is 529 Å². The van der Waals surface area contributed by atoms with Crippen LogP contribution in [0.25, 0.3) is 0 Å². The molecular weight excluding hydrogens is 997 g/mol. The maximum Gasteiger partial charge on any atom is -0.0297 e. The molecule has 0 heteroatoms. The van der Waals surface area contributed by atoms with E-state index in [1.807, 2.05) is 0 Å². The van der Waals surface area contributed by atoms with Crippen molar-refractivity contribution in [2.24, 2.45) is 158 Å². The second-order valence-corrected chi connectivity index (χ2v) is 37.3. The van der Waals surface area contributed by atoms with Crippen molar-refractivity contribution in [2.75, 3.05) is 0 Å². The molecule has 0 saturated heterocycles. The zero-order chi connectivity index (χ0) is 63.4. The van der Waals surface area contributed by atoms with Crippen LogP contribution in [0.2, 0.25) is 0 Å². The molecule has 11 rings (SSSR count). The highest BCUT2D eigenvalue weighted by Gasteiger charge is 2.46. The summed E-state index contributed by atoms with van der Waals surface area (Å²) < 4.78 is 0. The van der Waals surface area contributed by atoms with E-state index in [1.54, 1.807) is 0 Å². The van der Waals surface area contributed by atoms with E-state index < -0.39 is 0 Å². The van der Waals surface area contributed by atoms with Crippen molar-refractivity contribution in [2.45, 2.75) is 374 Å². The summed E-state index contributed by atoms with van der Waals surface area (Å²) in [5, 5.41) is 0. The van der Waals surface area contributed by atoms with Crippen LogP contribution >= 0.6 is 0 Å². The summed E-state index contributed by atoms with van der Waals surface area (Å²) in [5.74, 6) is 23.0. The first-order valence-electron chi connectivity index (χ1n) is 38.4. The molecule has 0 amide bonds. The molecule has 11 fully saturated rings. The van der Waals surface area contributed by atoms with Crippen LogP contribution in [-0.2, 0) is 0 Å². The normalized spacial score (nSPS) is 40.9. The van der Waals surface area contributed by atoms with E-state index in [0.29, 0.717) is 16.2 Å². The molecule has 11 aliphatic rings. The minimum absolute atomic E-state index is 0.595.